The largest absolute Gasteiger partial charge is 0.360 e. The number of carbonyl (C=O) groups excluding carboxylic acids is 2. The van der Waals surface area contributed by atoms with Crippen molar-refractivity contribution >= 4 is 11.8 Å². The quantitative estimate of drug-likeness (QED) is 0.729. The lowest BCUT2D eigenvalue weighted by molar-refractivity contribution is -0.159. The zero-order valence-corrected chi connectivity index (χ0v) is 18.8. The second-order valence-corrected chi connectivity index (χ2v) is 10.6. The first-order chi connectivity index (χ1) is 15.5. The van der Waals surface area contributed by atoms with Gasteiger partial charge in [0.05, 0.1) is 5.41 Å². The number of rotatable bonds is 3. The molecule has 0 spiro atoms. The Hall–Kier alpha value is -2.63. The molecule has 5 fully saturated rings. The monoisotopic (exact) mass is 433 g/mol. The molecule has 0 unspecified atom stereocenters. The molecule has 7 rings (SSSR count). The van der Waals surface area contributed by atoms with Gasteiger partial charge < -0.3 is 14.3 Å². The van der Waals surface area contributed by atoms with Crippen molar-refractivity contribution in [2.75, 3.05) is 26.2 Å². The van der Waals surface area contributed by atoms with Gasteiger partial charge in [-0.15, -0.1) is 0 Å². The molecule has 1 aromatic heterocycles. The van der Waals surface area contributed by atoms with Gasteiger partial charge in [-0.1, -0.05) is 35.5 Å². The Kier molecular flexibility index (Phi) is 4.67. The van der Waals surface area contributed by atoms with Crippen molar-refractivity contribution in [3.8, 4) is 11.3 Å². The second kappa shape index (κ2) is 7.46. The standard InChI is InChI=1S/C26H31N3O3/c1-17-22(23(27-32-17)21-5-3-2-4-6-21)24(30)28-7-9-29(10-8-28)25(31)26-14-18-11-19(15-26)13-20(12-18)16-26/h2-6,18-20H,7-16H2,1H3. The summed E-state index contributed by atoms with van der Waals surface area (Å²) in [6.45, 7) is 4.17. The summed E-state index contributed by atoms with van der Waals surface area (Å²) < 4.78 is 5.40. The maximum Gasteiger partial charge on any atom is 0.259 e. The molecule has 1 aliphatic heterocycles. The molecule has 2 amide bonds. The predicted molar refractivity (Wildman–Crippen MR) is 120 cm³/mol. The van der Waals surface area contributed by atoms with Crippen LogP contribution >= 0.6 is 0 Å². The van der Waals surface area contributed by atoms with Crippen LogP contribution in [0.1, 0.15) is 54.6 Å². The Balaban J connectivity index is 1.16. The molecule has 2 heterocycles. The van der Waals surface area contributed by atoms with Crippen LogP contribution < -0.4 is 0 Å². The van der Waals surface area contributed by atoms with Crippen molar-refractivity contribution in [2.24, 2.45) is 23.2 Å². The third-order valence-electron chi connectivity index (χ3n) is 8.47. The highest BCUT2D eigenvalue weighted by atomic mass is 16.5. The minimum absolute atomic E-state index is 0.0514. The summed E-state index contributed by atoms with van der Waals surface area (Å²) in [5.74, 6) is 3.16. The summed E-state index contributed by atoms with van der Waals surface area (Å²) in [5, 5.41) is 4.16. The van der Waals surface area contributed by atoms with Crippen molar-refractivity contribution in [1.82, 2.24) is 15.0 Å². The van der Waals surface area contributed by atoms with E-state index in [2.05, 4.69) is 10.1 Å². The van der Waals surface area contributed by atoms with Crippen LogP contribution in [0.2, 0.25) is 0 Å². The molecule has 0 radical (unpaired) electrons. The summed E-state index contributed by atoms with van der Waals surface area (Å²) >= 11 is 0. The summed E-state index contributed by atoms with van der Waals surface area (Å²) in [6, 6.07) is 9.69. The van der Waals surface area contributed by atoms with Crippen molar-refractivity contribution < 1.29 is 14.1 Å². The van der Waals surface area contributed by atoms with Crippen LogP contribution in [-0.4, -0.2) is 52.9 Å². The molecule has 5 aliphatic rings. The summed E-state index contributed by atoms with van der Waals surface area (Å²) in [4.78, 5) is 31.0. The molecule has 2 aromatic rings. The topological polar surface area (TPSA) is 66.7 Å². The molecular formula is C26H31N3O3. The fraction of sp³-hybridized carbons (Fsp3) is 0.577. The number of benzene rings is 1. The predicted octanol–water partition coefficient (Wildman–Crippen LogP) is 4.15. The molecule has 6 nitrogen and oxygen atoms in total. The van der Waals surface area contributed by atoms with Gasteiger partial charge in [0.15, 0.2) is 0 Å². The van der Waals surface area contributed by atoms with E-state index in [1.807, 2.05) is 35.2 Å². The van der Waals surface area contributed by atoms with E-state index in [0.717, 1.165) is 42.6 Å². The molecule has 1 saturated heterocycles. The van der Waals surface area contributed by atoms with Crippen molar-refractivity contribution in [3.05, 3.63) is 41.7 Å². The van der Waals surface area contributed by atoms with Gasteiger partial charge in [0.1, 0.15) is 17.0 Å². The number of hydrogen-bond donors (Lipinski definition) is 0. The zero-order chi connectivity index (χ0) is 21.9. The van der Waals surface area contributed by atoms with Gasteiger partial charge in [0.2, 0.25) is 5.91 Å². The van der Waals surface area contributed by atoms with E-state index in [0.29, 0.717) is 49.1 Å². The number of amides is 2. The lowest BCUT2D eigenvalue weighted by atomic mass is 9.49. The number of nitrogens with zero attached hydrogens (tertiary/aromatic N) is 3. The lowest BCUT2D eigenvalue weighted by Gasteiger charge is -2.57. The van der Waals surface area contributed by atoms with Crippen molar-refractivity contribution in [3.63, 3.8) is 0 Å². The number of aryl methyl sites for hydroxylation is 1. The molecule has 4 bridgehead atoms. The van der Waals surface area contributed by atoms with Crippen LogP contribution in [0.3, 0.4) is 0 Å². The van der Waals surface area contributed by atoms with E-state index in [1.54, 1.807) is 6.92 Å². The number of aromatic nitrogens is 1. The minimum Gasteiger partial charge on any atom is -0.360 e. The molecule has 168 valence electrons. The van der Waals surface area contributed by atoms with Gasteiger partial charge in [-0.25, -0.2) is 0 Å². The van der Waals surface area contributed by atoms with Gasteiger partial charge >= 0.3 is 0 Å². The maximum atomic E-state index is 13.6. The summed E-state index contributed by atoms with van der Waals surface area (Å²) in [6.07, 6.45) is 7.32. The van der Waals surface area contributed by atoms with Gasteiger partial charge in [0, 0.05) is 31.7 Å². The molecule has 4 saturated carbocycles. The Bertz CT molecular complexity index is 1000. The first-order valence-corrected chi connectivity index (χ1v) is 12.1. The van der Waals surface area contributed by atoms with Crippen molar-refractivity contribution in [1.29, 1.82) is 0 Å². The van der Waals surface area contributed by atoms with E-state index in [4.69, 9.17) is 4.52 Å². The smallest absolute Gasteiger partial charge is 0.259 e. The van der Waals surface area contributed by atoms with Gasteiger partial charge in [0.25, 0.3) is 5.91 Å². The molecule has 6 heteroatoms. The number of hydrogen-bond acceptors (Lipinski definition) is 4. The molecular weight excluding hydrogens is 402 g/mol. The zero-order valence-electron chi connectivity index (χ0n) is 18.8. The van der Waals surface area contributed by atoms with Crippen LogP contribution in [0.25, 0.3) is 11.3 Å². The van der Waals surface area contributed by atoms with Gasteiger partial charge in [-0.2, -0.15) is 0 Å². The van der Waals surface area contributed by atoms with Gasteiger partial charge in [-0.05, 0) is 63.2 Å². The molecule has 1 aromatic carbocycles. The van der Waals surface area contributed by atoms with Crippen LogP contribution in [0, 0.1) is 30.1 Å². The van der Waals surface area contributed by atoms with E-state index in [-0.39, 0.29) is 11.3 Å². The summed E-state index contributed by atoms with van der Waals surface area (Å²) in [7, 11) is 0. The third-order valence-corrected chi connectivity index (χ3v) is 8.47. The SMILES string of the molecule is Cc1onc(-c2ccccc2)c1C(=O)N1CCN(C(=O)C23CC4CC(CC(C4)C2)C3)CC1. The Morgan fingerprint density at radius 2 is 1.47 bits per heavy atom. The average Bonchev–Trinajstić information content (AvgIpc) is 3.19. The minimum atomic E-state index is -0.105. The van der Waals surface area contributed by atoms with Crippen LogP contribution in [0.5, 0.6) is 0 Å². The normalized spacial score (nSPS) is 31.2. The van der Waals surface area contributed by atoms with E-state index in [1.165, 1.54) is 19.3 Å². The van der Waals surface area contributed by atoms with E-state index >= 15 is 0 Å². The van der Waals surface area contributed by atoms with Crippen LogP contribution in [0.15, 0.2) is 34.9 Å². The fourth-order valence-electron chi connectivity index (χ4n) is 7.40. The molecule has 0 atom stereocenters. The molecule has 0 N–H and O–H groups in total. The highest BCUT2D eigenvalue weighted by molar-refractivity contribution is 6.01. The highest BCUT2D eigenvalue weighted by Crippen LogP contribution is 2.60. The Morgan fingerprint density at radius 3 is 2.06 bits per heavy atom. The average molecular weight is 434 g/mol. The lowest BCUT2D eigenvalue weighted by Crippen LogP contribution is -2.58. The highest BCUT2D eigenvalue weighted by Gasteiger charge is 2.55. The first-order valence-electron chi connectivity index (χ1n) is 12.1. The van der Waals surface area contributed by atoms with Crippen LogP contribution in [-0.2, 0) is 4.79 Å². The van der Waals surface area contributed by atoms with Gasteiger partial charge in [-0.3, -0.25) is 9.59 Å². The Morgan fingerprint density at radius 1 is 0.906 bits per heavy atom. The van der Waals surface area contributed by atoms with Crippen molar-refractivity contribution in [2.45, 2.75) is 45.4 Å². The number of piperazine rings is 1. The Labute approximate surface area is 188 Å². The second-order valence-electron chi connectivity index (χ2n) is 10.6. The van der Waals surface area contributed by atoms with Crippen LogP contribution in [0.4, 0.5) is 0 Å². The fourth-order valence-corrected chi connectivity index (χ4v) is 7.40. The maximum absolute atomic E-state index is 13.6. The third kappa shape index (κ3) is 3.18. The summed E-state index contributed by atoms with van der Waals surface area (Å²) in [5.41, 5.74) is 1.91. The molecule has 4 aliphatic carbocycles. The van der Waals surface area contributed by atoms with E-state index in [9.17, 15) is 9.59 Å². The molecule has 32 heavy (non-hydrogen) atoms. The number of carbonyl (C=O) groups is 2. The first kappa shape index (κ1) is 20.0. The van der Waals surface area contributed by atoms with E-state index < -0.39 is 0 Å².